The molecule has 1 unspecified atom stereocenters. The molecule has 1 aromatic heterocycles. The van der Waals surface area contributed by atoms with Crippen LogP contribution in [0.3, 0.4) is 0 Å². The fourth-order valence-corrected chi connectivity index (χ4v) is 2.29. The Bertz CT molecular complexity index is 385. The van der Waals surface area contributed by atoms with Crippen molar-refractivity contribution in [2.45, 2.75) is 6.42 Å². The van der Waals surface area contributed by atoms with Gasteiger partial charge in [-0.3, -0.25) is 9.69 Å². The molecule has 0 N–H and O–H groups in total. The van der Waals surface area contributed by atoms with Crippen molar-refractivity contribution >= 4 is 45.9 Å². The summed E-state index contributed by atoms with van der Waals surface area (Å²) in [5, 5.41) is 0. The molecule has 1 aliphatic heterocycles. The molecule has 15 heavy (non-hydrogen) atoms. The number of carbonyl (C=O) groups excluding carboxylic acids is 1. The molecule has 0 bridgehead atoms. The third kappa shape index (κ3) is 2.42. The number of carbonyl (C=O) groups is 1. The normalized spacial score (nSPS) is 21.1. The van der Waals surface area contributed by atoms with E-state index >= 15 is 0 Å². The van der Waals surface area contributed by atoms with Gasteiger partial charge in [-0.05, 0) is 40.6 Å². The molecule has 0 saturated carbocycles. The van der Waals surface area contributed by atoms with Crippen molar-refractivity contribution in [3.63, 3.8) is 0 Å². The molecule has 2 heterocycles. The number of pyridine rings is 1. The molecule has 1 saturated heterocycles. The average Bonchev–Trinajstić information content (AvgIpc) is 2.60. The van der Waals surface area contributed by atoms with Crippen LogP contribution in [0, 0.1) is 9.49 Å². The van der Waals surface area contributed by atoms with Crippen LogP contribution < -0.4 is 4.90 Å². The predicted molar refractivity (Wildman–Crippen MR) is 68.1 cm³/mol. The number of alkyl halides is 1. The Morgan fingerprint density at radius 3 is 3.07 bits per heavy atom. The number of anilines is 1. The average molecular weight is 337 g/mol. The molecule has 1 amide bonds. The molecule has 0 spiro atoms. The van der Waals surface area contributed by atoms with Gasteiger partial charge in [0.25, 0.3) is 0 Å². The number of rotatable bonds is 2. The summed E-state index contributed by atoms with van der Waals surface area (Å²) in [6.07, 6.45) is 2.26. The molecule has 1 atom stereocenters. The number of halogens is 2. The van der Waals surface area contributed by atoms with Gasteiger partial charge in [0.1, 0.15) is 5.82 Å². The third-order valence-electron chi connectivity index (χ3n) is 2.41. The maximum absolute atomic E-state index is 11.7. The minimum atomic E-state index is 0.121. The highest BCUT2D eigenvalue weighted by atomic mass is 127. The SMILES string of the molecule is O=C1CC(CCl)CN1c1cc(I)ccn1. The standard InChI is InChI=1S/C10H10ClIN2O/c11-5-7-3-10(15)14(6-7)9-4-8(12)1-2-13-9/h1-2,4,7H,3,5-6H2. The number of aromatic nitrogens is 1. The molecular weight excluding hydrogens is 326 g/mol. The summed E-state index contributed by atoms with van der Waals surface area (Å²) in [5.41, 5.74) is 0. The van der Waals surface area contributed by atoms with E-state index in [0.717, 1.165) is 9.39 Å². The second-order valence-corrected chi connectivity index (χ2v) is 5.12. The van der Waals surface area contributed by atoms with Crippen LogP contribution in [0.5, 0.6) is 0 Å². The quantitative estimate of drug-likeness (QED) is 0.613. The number of nitrogens with zero attached hydrogens (tertiary/aromatic N) is 2. The monoisotopic (exact) mass is 336 g/mol. The summed E-state index contributed by atoms with van der Waals surface area (Å²) in [6, 6.07) is 3.82. The molecule has 0 aliphatic carbocycles. The summed E-state index contributed by atoms with van der Waals surface area (Å²) in [4.78, 5) is 17.6. The van der Waals surface area contributed by atoms with Gasteiger partial charge in [0.15, 0.2) is 0 Å². The van der Waals surface area contributed by atoms with Gasteiger partial charge >= 0.3 is 0 Å². The fraction of sp³-hybridized carbons (Fsp3) is 0.400. The van der Waals surface area contributed by atoms with E-state index in [-0.39, 0.29) is 11.8 Å². The van der Waals surface area contributed by atoms with Gasteiger partial charge in [-0.15, -0.1) is 11.6 Å². The summed E-state index contributed by atoms with van der Waals surface area (Å²) in [5.74, 6) is 1.65. The first-order valence-electron chi connectivity index (χ1n) is 4.68. The van der Waals surface area contributed by atoms with E-state index in [2.05, 4.69) is 27.6 Å². The highest BCUT2D eigenvalue weighted by Crippen LogP contribution is 2.24. The Balaban J connectivity index is 2.21. The summed E-state index contributed by atoms with van der Waals surface area (Å²) in [7, 11) is 0. The van der Waals surface area contributed by atoms with Crippen LogP contribution in [0.2, 0.25) is 0 Å². The third-order valence-corrected chi connectivity index (χ3v) is 3.51. The molecular formula is C10H10ClIN2O. The van der Waals surface area contributed by atoms with E-state index in [0.29, 0.717) is 18.8 Å². The number of amides is 1. The van der Waals surface area contributed by atoms with Crippen LogP contribution in [0.25, 0.3) is 0 Å². The first-order chi connectivity index (χ1) is 7.20. The van der Waals surface area contributed by atoms with Crippen molar-refractivity contribution in [3.8, 4) is 0 Å². The van der Waals surface area contributed by atoms with Gasteiger partial charge in [-0.1, -0.05) is 0 Å². The van der Waals surface area contributed by atoms with Crippen molar-refractivity contribution < 1.29 is 4.79 Å². The molecule has 1 fully saturated rings. The highest BCUT2D eigenvalue weighted by molar-refractivity contribution is 14.1. The van der Waals surface area contributed by atoms with E-state index in [4.69, 9.17) is 11.6 Å². The first kappa shape index (κ1) is 11.1. The first-order valence-corrected chi connectivity index (χ1v) is 6.30. The lowest BCUT2D eigenvalue weighted by atomic mass is 10.1. The Hall–Kier alpha value is -0.360. The largest absolute Gasteiger partial charge is 0.296 e. The zero-order valence-electron chi connectivity index (χ0n) is 7.99. The lowest BCUT2D eigenvalue weighted by Crippen LogP contribution is -2.25. The topological polar surface area (TPSA) is 33.2 Å². The van der Waals surface area contributed by atoms with Crippen molar-refractivity contribution in [2.24, 2.45) is 5.92 Å². The summed E-state index contributed by atoms with van der Waals surface area (Å²) in [6.45, 7) is 0.690. The summed E-state index contributed by atoms with van der Waals surface area (Å²) < 4.78 is 1.08. The van der Waals surface area contributed by atoms with E-state index in [1.165, 1.54) is 0 Å². The van der Waals surface area contributed by atoms with Crippen molar-refractivity contribution in [1.29, 1.82) is 0 Å². The Morgan fingerprint density at radius 2 is 2.47 bits per heavy atom. The zero-order valence-corrected chi connectivity index (χ0v) is 10.9. The minimum absolute atomic E-state index is 0.121. The summed E-state index contributed by atoms with van der Waals surface area (Å²) >= 11 is 7.97. The lowest BCUT2D eigenvalue weighted by Gasteiger charge is -2.14. The molecule has 2 rings (SSSR count). The highest BCUT2D eigenvalue weighted by Gasteiger charge is 2.30. The van der Waals surface area contributed by atoms with Crippen molar-refractivity contribution in [2.75, 3.05) is 17.3 Å². The second kappa shape index (κ2) is 4.65. The van der Waals surface area contributed by atoms with Gasteiger partial charge in [-0.2, -0.15) is 0 Å². The van der Waals surface area contributed by atoms with E-state index < -0.39 is 0 Å². The Labute approximate surface area is 107 Å². The molecule has 0 radical (unpaired) electrons. The van der Waals surface area contributed by atoms with Crippen LogP contribution in [0.1, 0.15) is 6.42 Å². The lowest BCUT2D eigenvalue weighted by molar-refractivity contribution is -0.117. The molecule has 0 aromatic carbocycles. The number of hydrogen-bond donors (Lipinski definition) is 0. The van der Waals surface area contributed by atoms with Crippen LogP contribution >= 0.6 is 34.2 Å². The Morgan fingerprint density at radius 1 is 1.67 bits per heavy atom. The smallest absolute Gasteiger partial charge is 0.228 e. The second-order valence-electron chi connectivity index (χ2n) is 3.56. The fourth-order valence-electron chi connectivity index (χ4n) is 1.65. The molecule has 5 heteroatoms. The van der Waals surface area contributed by atoms with Crippen LogP contribution in [0.15, 0.2) is 18.3 Å². The van der Waals surface area contributed by atoms with Gasteiger partial charge < -0.3 is 0 Å². The molecule has 1 aromatic rings. The van der Waals surface area contributed by atoms with Gasteiger partial charge in [0, 0.05) is 28.6 Å². The van der Waals surface area contributed by atoms with Crippen LogP contribution in [0.4, 0.5) is 5.82 Å². The molecule has 3 nitrogen and oxygen atoms in total. The molecule has 80 valence electrons. The van der Waals surface area contributed by atoms with Gasteiger partial charge in [0.05, 0.1) is 0 Å². The van der Waals surface area contributed by atoms with Crippen LogP contribution in [-0.2, 0) is 4.79 Å². The van der Waals surface area contributed by atoms with Gasteiger partial charge in [0.2, 0.25) is 5.91 Å². The van der Waals surface area contributed by atoms with Gasteiger partial charge in [-0.25, -0.2) is 4.98 Å². The maximum atomic E-state index is 11.7. The van der Waals surface area contributed by atoms with E-state index in [1.807, 2.05) is 12.1 Å². The van der Waals surface area contributed by atoms with Crippen molar-refractivity contribution in [1.82, 2.24) is 4.98 Å². The van der Waals surface area contributed by atoms with E-state index in [1.54, 1.807) is 11.1 Å². The Kier molecular flexibility index (Phi) is 3.45. The van der Waals surface area contributed by atoms with Crippen LogP contribution in [-0.4, -0.2) is 23.3 Å². The maximum Gasteiger partial charge on any atom is 0.228 e. The zero-order chi connectivity index (χ0) is 10.8. The van der Waals surface area contributed by atoms with Crippen molar-refractivity contribution in [3.05, 3.63) is 21.9 Å². The minimum Gasteiger partial charge on any atom is -0.296 e. The molecule has 1 aliphatic rings. The van der Waals surface area contributed by atoms with E-state index in [9.17, 15) is 4.79 Å². The predicted octanol–water partition coefficient (Wildman–Crippen LogP) is 2.28. The number of hydrogen-bond acceptors (Lipinski definition) is 2.